The van der Waals surface area contributed by atoms with E-state index < -0.39 is 0 Å². The Balaban J connectivity index is 2.01. The normalized spacial score (nSPS) is 20.9. The third-order valence-electron chi connectivity index (χ3n) is 3.11. The fourth-order valence-corrected chi connectivity index (χ4v) is 3.03. The van der Waals surface area contributed by atoms with Crippen molar-refractivity contribution in [3.63, 3.8) is 0 Å². The lowest BCUT2D eigenvalue weighted by molar-refractivity contribution is 0.103. The Hall–Kier alpha value is -0.250. The summed E-state index contributed by atoms with van der Waals surface area (Å²) in [5, 5.41) is 0.0000709. The van der Waals surface area contributed by atoms with Gasteiger partial charge in [0.2, 0.25) is 0 Å². The predicted octanol–water partition coefficient (Wildman–Crippen LogP) is 4.70. The van der Waals surface area contributed by atoms with Gasteiger partial charge < -0.3 is 9.47 Å². The van der Waals surface area contributed by atoms with Crippen molar-refractivity contribution in [2.45, 2.75) is 37.7 Å². The Kier molecular flexibility index (Phi) is 5.34. The maximum Gasteiger partial charge on any atom is 0.133 e. The smallest absolute Gasteiger partial charge is 0.133 e. The van der Waals surface area contributed by atoms with Gasteiger partial charge in [0, 0.05) is 6.61 Å². The third kappa shape index (κ3) is 3.62. The van der Waals surface area contributed by atoms with Crippen LogP contribution in [-0.2, 0) is 4.74 Å². The zero-order valence-corrected chi connectivity index (χ0v) is 12.8. The largest absolute Gasteiger partial charge is 0.493 e. The molecule has 1 saturated heterocycles. The fraction of sp³-hybridized carbons (Fsp3) is 0.571. The number of hydrogen-bond acceptors (Lipinski definition) is 2. The van der Waals surface area contributed by atoms with Crippen LogP contribution in [0.2, 0.25) is 0 Å². The molecular formula is C14H18BrClO2. The van der Waals surface area contributed by atoms with Gasteiger partial charge in [-0.2, -0.15) is 0 Å². The van der Waals surface area contributed by atoms with Gasteiger partial charge in [-0.1, -0.05) is 6.07 Å². The molecule has 0 radical (unpaired) electrons. The zero-order valence-electron chi connectivity index (χ0n) is 10.5. The maximum atomic E-state index is 6.45. The fourth-order valence-electron chi connectivity index (χ4n) is 2.18. The number of hydrogen-bond donors (Lipinski definition) is 0. The third-order valence-corrected chi connectivity index (χ3v) is 4.16. The summed E-state index contributed by atoms with van der Waals surface area (Å²) in [7, 11) is 0. The van der Waals surface area contributed by atoms with Crippen LogP contribution in [0, 0.1) is 0 Å². The molecule has 1 aromatic rings. The highest BCUT2D eigenvalue weighted by atomic mass is 79.9. The first-order chi connectivity index (χ1) is 8.70. The molecule has 1 aliphatic heterocycles. The van der Waals surface area contributed by atoms with Crippen LogP contribution in [0.15, 0.2) is 22.7 Å². The van der Waals surface area contributed by atoms with E-state index in [0.29, 0.717) is 12.7 Å². The number of alkyl halides is 1. The summed E-state index contributed by atoms with van der Waals surface area (Å²) >= 11 is 9.96. The van der Waals surface area contributed by atoms with E-state index in [4.69, 9.17) is 21.1 Å². The van der Waals surface area contributed by atoms with E-state index in [1.54, 1.807) is 0 Å². The highest BCUT2D eigenvalue weighted by Crippen LogP contribution is 2.34. The lowest BCUT2D eigenvalue weighted by Crippen LogP contribution is -2.08. The second kappa shape index (κ2) is 6.78. The van der Waals surface area contributed by atoms with Crippen LogP contribution in [0.4, 0.5) is 0 Å². The molecule has 0 N–H and O–H groups in total. The first-order valence-corrected chi connectivity index (χ1v) is 7.61. The molecule has 1 fully saturated rings. The van der Waals surface area contributed by atoms with E-state index in [-0.39, 0.29) is 5.38 Å². The van der Waals surface area contributed by atoms with Gasteiger partial charge in [-0.05, 0) is 59.8 Å². The standard InChI is InChI=1S/C14H18BrClO2/c1-2-17-14-6-5-10(8-12(14)15)13(16)9-11-4-3-7-18-11/h5-6,8,11,13H,2-4,7,9H2,1H3. The molecule has 4 heteroatoms. The minimum Gasteiger partial charge on any atom is -0.493 e. The average Bonchev–Trinajstić information content (AvgIpc) is 2.84. The van der Waals surface area contributed by atoms with E-state index in [1.165, 1.54) is 0 Å². The van der Waals surface area contributed by atoms with Crippen molar-refractivity contribution in [2.24, 2.45) is 0 Å². The van der Waals surface area contributed by atoms with E-state index in [2.05, 4.69) is 15.9 Å². The van der Waals surface area contributed by atoms with Crippen LogP contribution in [0.5, 0.6) is 5.75 Å². The zero-order chi connectivity index (χ0) is 13.0. The van der Waals surface area contributed by atoms with Crippen LogP contribution in [0.1, 0.15) is 37.1 Å². The summed E-state index contributed by atoms with van der Waals surface area (Å²) in [4.78, 5) is 0. The molecule has 2 nitrogen and oxygen atoms in total. The van der Waals surface area contributed by atoms with Gasteiger partial charge >= 0.3 is 0 Å². The monoisotopic (exact) mass is 332 g/mol. The SMILES string of the molecule is CCOc1ccc(C(Cl)CC2CCCO2)cc1Br. The van der Waals surface area contributed by atoms with Crippen LogP contribution >= 0.6 is 27.5 Å². The summed E-state index contributed by atoms with van der Waals surface area (Å²) in [5.74, 6) is 0.863. The lowest BCUT2D eigenvalue weighted by Gasteiger charge is -2.16. The first-order valence-electron chi connectivity index (χ1n) is 6.38. The van der Waals surface area contributed by atoms with Crippen LogP contribution in [0.3, 0.4) is 0 Å². The number of benzene rings is 1. The maximum absolute atomic E-state index is 6.45. The molecule has 1 heterocycles. The van der Waals surface area contributed by atoms with Crippen LogP contribution in [-0.4, -0.2) is 19.3 Å². The van der Waals surface area contributed by atoms with Crippen molar-refractivity contribution in [3.8, 4) is 5.75 Å². The van der Waals surface area contributed by atoms with Gasteiger partial charge in [0.15, 0.2) is 0 Å². The van der Waals surface area contributed by atoms with Crippen molar-refractivity contribution >= 4 is 27.5 Å². The van der Waals surface area contributed by atoms with Gasteiger partial charge in [-0.3, -0.25) is 0 Å². The van der Waals surface area contributed by atoms with E-state index in [0.717, 1.165) is 41.7 Å². The molecule has 1 aliphatic rings. The summed E-state index contributed by atoms with van der Waals surface area (Å²) < 4.78 is 12.1. The summed E-state index contributed by atoms with van der Waals surface area (Å²) in [6, 6.07) is 6.04. The Morgan fingerprint density at radius 2 is 2.39 bits per heavy atom. The van der Waals surface area contributed by atoms with E-state index in [9.17, 15) is 0 Å². The van der Waals surface area contributed by atoms with Crippen molar-refractivity contribution in [1.29, 1.82) is 0 Å². The van der Waals surface area contributed by atoms with Crippen molar-refractivity contribution < 1.29 is 9.47 Å². The highest BCUT2D eigenvalue weighted by Gasteiger charge is 2.21. The first kappa shape index (κ1) is 14.2. The van der Waals surface area contributed by atoms with Gasteiger partial charge in [-0.25, -0.2) is 0 Å². The predicted molar refractivity (Wildman–Crippen MR) is 77.5 cm³/mol. The van der Waals surface area contributed by atoms with Gasteiger partial charge in [0.1, 0.15) is 5.75 Å². The van der Waals surface area contributed by atoms with Gasteiger partial charge in [-0.15, -0.1) is 11.6 Å². The molecule has 100 valence electrons. The van der Waals surface area contributed by atoms with Crippen molar-refractivity contribution in [3.05, 3.63) is 28.2 Å². The number of rotatable bonds is 5. The molecule has 0 bridgehead atoms. The molecular weight excluding hydrogens is 316 g/mol. The minimum atomic E-state index is 0.0000709. The van der Waals surface area contributed by atoms with Gasteiger partial charge in [0.25, 0.3) is 0 Å². The average molecular weight is 334 g/mol. The molecule has 0 amide bonds. The topological polar surface area (TPSA) is 18.5 Å². The second-order valence-corrected chi connectivity index (χ2v) is 5.84. The van der Waals surface area contributed by atoms with Crippen LogP contribution in [0.25, 0.3) is 0 Å². The lowest BCUT2D eigenvalue weighted by atomic mass is 10.0. The molecule has 0 spiro atoms. The molecule has 18 heavy (non-hydrogen) atoms. The van der Waals surface area contributed by atoms with Crippen molar-refractivity contribution in [1.82, 2.24) is 0 Å². The quantitative estimate of drug-likeness (QED) is 0.727. The van der Waals surface area contributed by atoms with E-state index in [1.807, 2.05) is 25.1 Å². The second-order valence-electron chi connectivity index (χ2n) is 4.46. The summed E-state index contributed by atoms with van der Waals surface area (Å²) in [6.07, 6.45) is 3.47. The molecule has 2 rings (SSSR count). The Labute approximate surface area is 122 Å². The summed E-state index contributed by atoms with van der Waals surface area (Å²) in [5.41, 5.74) is 1.11. The van der Waals surface area contributed by atoms with Crippen molar-refractivity contribution in [2.75, 3.05) is 13.2 Å². The molecule has 1 aromatic carbocycles. The van der Waals surface area contributed by atoms with Crippen LogP contribution < -0.4 is 4.74 Å². The van der Waals surface area contributed by atoms with E-state index >= 15 is 0 Å². The Morgan fingerprint density at radius 1 is 1.56 bits per heavy atom. The van der Waals surface area contributed by atoms with Gasteiger partial charge in [0.05, 0.1) is 22.6 Å². The summed E-state index contributed by atoms with van der Waals surface area (Å²) in [6.45, 7) is 3.52. The Bertz CT molecular complexity index is 391. The molecule has 0 aromatic heterocycles. The highest BCUT2D eigenvalue weighted by molar-refractivity contribution is 9.10. The Morgan fingerprint density at radius 3 is 3.00 bits per heavy atom. The number of ether oxygens (including phenoxy) is 2. The number of halogens is 2. The molecule has 0 saturated carbocycles. The molecule has 0 aliphatic carbocycles. The minimum absolute atomic E-state index is 0.0000709. The molecule has 2 atom stereocenters. The molecule has 2 unspecified atom stereocenters.